The van der Waals surface area contributed by atoms with Crippen LogP contribution in [0.4, 0.5) is 17.3 Å². The number of rotatable bonds is 4. The predicted octanol–water partition coefficient (Wildman–Crippen LogP) is 5.11. The largest absolute Gasteiger partial charge is 0.368 e. The van der Waals surface area contributed by atoms with E-state index in [-0.39, 0.29) is 0 Å². The predicted molar refractivity (Wildman–Crippen MR) is 155 cm³/mol. The first kappa shape index (κ1) is 23.8. The Balaban J connectivity index is 1.22. The van der Waals surface area contributed by atoms with E-state index in [0.29, 0.717) is 34.3 Å². The second-order valence-electron chi connectivity index (χ2n) is 10.3. The maximum atomic E-state index is 6.70. The van der Waals surface area contributed by atoms with Crippen molar-refractivity contribution in [3.05, 3.63) is 65.8 Å². The second-order valence-corrected chi connectivity index (χ2v) is 10.7. The first-order chi connectivity index (χ1) is 18.9. The number of nitrogens with zero attached hydrogens (tertiary/aromatic N) is 7. The number of H-pyrrole nitrogens is 1. The number of pyridine rings is 1. The molecular formula is C28H27ClN10. The highest BCUT2D eigenvalue weighted by Gasteiger charge is 2.21. The van der Waals surface area contributed by atoms with Crippen LogP contribution in [0.1, 0.15) is 19.7 Å². The lowest BCUT2D eigenvalue weighted by atomic mass is 10.0. The van der Waals surface area contributed by atoms with Crippen LogP contribution in [-0.2, 0) is 0 Å². The van der Waals surface area contributed by atoms with E-state index >= 15 is 0 Å². The number of benzene rings is 2. The van der Waals surface area contributed by atoms with Crippen LogP contribution in [0.15, 0.2) is 55.0 Å². The van der Waals surface area contributed by atoms with Crippen molar-refractivity contribution in [1.29, 1.82) is 0 Å². The Bertz CT molecular complexity index is 1830. The summed E-state index contributed by atoms with van der Waals surface area (Å²) in [5.74, 6) is 1.33. The highest BCUT2D eigenvalue weighted by Crippen LogP contribution is 2.35. The van der Waals surface area contributed by atoms with Gasteiger partial charge in [0.2, 0.25) is 5.95 Å². The van der Waals surface area contributed by atoms with E-state index in [2.05, 4.69) is 78.8 Å². The quantitative estimate of drug-likeness (QED) is 0.284. The fourth-order valence-electron chi connectivity index (χ4n) is 5.52. The van der Waals surface area contributed by atoms with Gasteiger partial charge in [-0.3, -0.25) is 4.40 Å². The van der Waals surface area contributed by atoms with E-state index in [1.54, 1.807) is 12.5 Å². The molecule has 1 aliphatic rings. The summed E-state index contributed by atoms with van der Waals surface area (Å²) < 4.78 is 1.87. The highest BCUT2D eigenvalue weighted by molar-refractivity contribution is 6.34. The Labute approximate surface area is 229 Å². The first-order valence-corrected chi connectivity index (χ1v) is 13.3. The van der Waals surface area contributed by atoms with E-state index in [4.69, 9.17) is 16.6 Å². The third kappa shape index (κ3) is 4.31. The summed E-state index contributed by atoms with van der Waals surface area (Å²) in [5, 5.41) is 16.9. The van der Waals surface area contributed by atoms with Crippen molar-refractivity contribution < 1.29 is 0 Å². The third-order valence-corrected chi connectivity index (χ3v) is 7.45. The minimum Gasteiger partial charge on any atom is -0.368 e. The Morgan fingerprint density at radius 1 is 0.974 bits per heavy atom. The number of nitrogens with one attached hydrogen (secondary N) is 3. The van der Waals surface area contributed by atoms with Gasteiger partial charge in [0.25, 0.3) is 0 Å². The summed E-state index contributed by atoms with van der Waals surface area (Å²) in [6.45, 7) is 8.34. The van der Waals surface area contributed by atoms with Crippen LogP contribution < -0.4 is 15.5 Å². The van der Waals surface area contributed by atoms with Gasteiger partial charge in [0.05, 0.1) is 16.1 Å². The Kier molecular flexibility index (Phi) is 5.60. The van der Waals surface area contributed by atoms with Crippen LogP contribution in [0.5, 0.6) is 0 Å². The van der Waals surface area contributed by atoms with Crippen LogP contribution in [-0.4, -0.2) is 59.7 Å². The number of anilines is 3. The number of piperazine rings is 1. The molecule has 1 aliphatic heterocycles. The number of fused-ring (bicyclic) bond motifs is 4. The molecule has 0 amide bonds. The van der Waals surface area contributed by atoms with Crippen molar-refractivity contribution >= 4 is 56.6 Å². The molecule has 10 nitrogen and oxygen atoms in total. The Morgan fingerprint density at radius 2 is 1.77 bits per heavy atom. The van der Waals surface area contributed by atoms with E-state index in [9.17, 15) is 0 Å². The monoisotopic (exact) mass is 538 g/mol. The van der Waals surface area contributed by atoms with Crippen molar-refractivity contribution in [3.63, 3.8) is 0 Å². The molecule has 2 atom stereocenters. The minimum atomic E-state index is 0.459. The zero-order valence-corrected chi connectivity index (χ0v) is 22.5. The van der Waals surface area contributed by atoms with E-state index < -0.39 is 0 Å². The van der Waals surface area contributed by atoms with E-state index in [0.717, 1.165) is 52.1 Å². The van der Waals surface area contributed by atoms with E-state index in [1.165, 1.54) is 5.69 Å². The molecule has 0 aliphatic carbocycles. The molecule has 1 saturated heterocycles. The summed E-state index contributed by atoms with van der Waals surface area (Å²) in [6, 6.07) is 15.2. The van der Waals surface area contributed by atoms with Gasteiger partial charge in [0.15, 0.2) is 11.3 Å². The molecule has 4 aromatic heterocycles. The van der Waals surface area contributed by atoms with Gasteiger partial charge >= 0.3 is 0 Å². The average Bonchev–Trinajstić information content (AvgIpc) is 3.54. The van der Waals surface area contributed by atoms with Gasteiger partial charge in [0.1, 0.15) is 12.2 Å². The first-order valence-electron chi connectivity index (χ1n) is 12.9. The zero-order valence-electron chi connectivity index (χ0n) is 21.8. The van der Waals surface area contributed by atoms with E-state index in [1.807, 2.05) is 29.5 Å². The van der Waals surface area contributed by atoms with Crippen molar-refractivity contribution in [2.24, 2.45) is 0 Å². The maximum absolute atomic E-state index is 6.70. The van der Waals surface area contributed by atoms with Crippen LogP contribution in [0.2, 0.25) is 5.02 Å². The fraction of sp³-hybridized carbons (Fsp3) is 0.250. The molecule has 0 unspecified atom stereocenters. The minimum absolute atomic E-state index is 0.459. The van der Waals surface area contributed by atoms with Crippen molar-refractivity contribution in [2.45, 2.75) is 32.9 Å². The van der Waals surface area contributed by atoms with Crippen LogP contribution in [0.3, 0.4) is 0 Å². The average molecular weight is 539 g/mol. The molecular weight excluding hydrogens is 512 g/mol. The summed E-state index contributed by atoms with van der Waals surface area (Å²) in [5.41, 5.74) is 6.90. The summed E-state index contributed by atoms with van der Waals surface area (Å²) in [6.07, 6.45) is 3.47. The number of hydrogen-bond donors (Lipinski definition) is 3. The van der Waals surface area contributed by atoms with Gasteiger partial charge in [-0.05, 0) is 63.2 Å². The number of aryl methyl sites for hydroxylation is 1. The van der Waals surface area contributed by atoms with Crippen LogP contribution >= 0.6 is 11.6 Å². The van der Waals surface area contributed by atoms with Crippen molar-refractivity contribution in [2.75, 3.05) is 23.3 Å². The van der Waals surface area contributed by atoms with Gasteiger partial charge in [-0.1, -0.05) is 11.6 Å². The zero-order chi connectivity index (χ0) is 26.7. The molecule has 0 spiro atoms. The summed E-state index contributed by atoms with van der Waals surface area (Å²) in [4.78, 5) is 19.6. The fourth-order valence-corrected chi connectivity index (χ4v) is 5.78. The molecule has 5 heterocycles. The SMILES string of the molecule is Cc1nc2cc(Cl)c(-c3cc4cnc(Nc5ccc(N6C[C@@H](C)N[C@@H](C)C6)cc5)nc4n4cnnc34)cc2[nH]1. The standard InChI is InChI=1S/C28H27ClN10/c1-15-12-38(13-16(2)32-15)20-6-4-19(5-7-20)35-28-30-11-18-8-22(27-37-31-14-39(27)26(18)36-28)21-9-24-25(10-23(21)29)34-17(3)33-24/h4-11,14-16,32H,12-13H2,1-3H3,(H,33,34)(H,30,35,36)/t15-,16+. The molecule has 196 valence electrons. The number of aromatic amines is 1. The molecule has 6 aromatic rings. The lowest BCUT2D eigenvalue weighted by Gasteiger charge is -2.37. The molecule has 2 aromatic carbocycles. The Hall–Kier alpha value is -4.28. The summed E-state index contributed by atoms with van der Waals surface area (Å²) in [7, 11) is 0. The normalized spacial score (nSPS) is 17.9. The number of halogens is 1. The lowest BCUT2D eigenvalue weighted by Crippen LogP contribution is -2.54. The Morgan fingerprint density at radius 3 is 2.56 bits per heavy atom. The van der Waals surface area contributed by atoms with Crippen molar-refractivity contribution in [3.8, 4) is 11.1 Å². The van der Waals surface area contributed by atoms with Gasteiger partial charge in [-0.2, -0.15) is 4.98 Å². The van der Waals surface area contributed by atoms with Gasteiger partial charge < -0.3 is 20.5 Å². The van der Waals surface area contributed by atoms with Gasteiger partial charge in [-0.25, -0.2) is 9.97 Å². The number of aromatic nitrogens is 7. The maximum Gasteiger partial charge on any atom is 0.229 e. The van der Waals surface area contributed by atoms with Gasteiger partial charge in [0, 0.05) is 59.3 Å². The number of imidazole rings is 1. The number of hydrogen-bond acceptors (Lipinski definition) is 8. The molecule has 3 N–H and O–H groups in total. The molecule has 1 fully saturated rings. The van der Waals surface area contributed by atoms with Crippen LogP contribution in [0, 0.1) is 6.92 Å². The molecule has 0 bridgehead atoms. The highest BCUT2D eigenvalue weighted by atomic mass is 35.5. The molecule has 39 heavy (non-hydrogen) atoms. The lowest BCUT2D eigenvalue weighted by molar-refractivity contribution is 0.407. The molecule has 0 radical (unpaired) electrons. The topological polar surface area (TPSA) is 112 Å². The summed E-state index contributed by atoms with van der Waals surface area (Å²) >= 11 is 6.70. The van der Waals surface area contributed by atoms with Crippen LogP contribution in [0.25, 0.3) is 38.8 Å². The van der Waals surface area contributed by atoms with Gasteiger partial charge in [-0.15, -0.1) is 10.2 Å². The molecule has 11 heteroatoms. The molecule has 7 rings (SSSR count). The molecule has 0 saturated carbocycles. The third-order valence-electron chi connectivity index (χ3n) is 7.14. The smallest absolute Gasteiger partial charge is 0.229 e. The second kappa shape index (κ2) is 9.18. The van der Waals surface area contributed by atoms with Crippen molar-refractivity contribution in [1.82, 2.24) is 39.9 Å².